The van der Waals surface area contributed by atoms with E-state index < -0.39 is 12.1 Å². The third-order valence-corrected chi connectivity index (χ3v) is 5.83. The Hall–Kier alpha value is -2.15. The monoisotopic (exact) mass is 448 g/mol. The summed E-state index contributed by atoms with van der Waals surface area (Å²) in [5, 5.41) is 0.741. The highest BCUT2D eigenvalue weighted by molar-refractivity contribution is 6.29. The van der Waals surface area contributed by atoms with E-state index in [4.69, 9.17) is 30.5 Å². The molecule has 0 amide bonds. The maximum atomic E-state index is 12.3. The van der Waals surface area contributed by atoms with Gasteiger partial charge in [-0.3, -0.25) is 9.59 Å². The predicted octanol–water partition coefficient (Wildman–Crippen LogP) is 4.49. The van der Waals surface area contributed by atoms with Gasteiger partial charge in [0.1, 0.15) is 24.4 Å². The van der Waals surface area contributed by atoms with Crippen LogP contribution in [0.5, 0.6) is 5.75 Å². The van der Waals surface area contributed by atoms with Crippen LogP contribution < -0.4 is 4.74 Å². The maximum absolute atomic E-state index is 12.3. The molecular formula is C24H29ClO6. The van der Waals surface area contributed by atoms with Gasteiger partial charge in [-0.15, -0.1) is 0 Å². The zero-order chi connectivity index (χ0) is 22.2. The molecule has 1 aromatic carbocycles. The molecule has 2 aliphatic rings. The van der Waals surface area contributed by atoms with Crippen molar-refractivity contribution < 1.29 is 28.5 Å². The Bertz CT molecular complexity index is 829. The number of ether oxygens (including phenoxy) is 4. The van der Waals surface area contributed by atoms with Crippen LogP contribution in [0.4, 0.5) is 0 Å². The molecule has 0 radical (unpaired) electrons. The number of halogens is 1. The predicted molar refractivity (Wildman–Crippen MR) is 117 cm³/mol. The van der Waals surface area contributed by atoms with Crippen molar-refractivity contribution in [1.82, 2.24) is 0 Å². The summed E-state index contributed by atoms with van der Waals surface area (Å²) in [4.78, 5) is 24.6. The van der Waals surface area contributed by atoms with Crippen LogP contribution >= 0.6 is 11.6 Å². The maximum Gasteiger partial charge on any atom is 0.314 e. The van der Waals surface area contributed by atoms with Crippen molar-refractivity contribution in [2.45, 2.75) is 63.9 Å². The normalized spacial score (nSPS) is 28.7. The number of allylic oxidation sites excluding steroid dienone is 4. The van der Waals surface area contributed by atoms with Gasteiger partial charge in [-0.05, 0) is 49.5 Å². The number of methoxy groups -OCH3 is 1. The van der Waals surface area contributed by atoms with Gasteiger partial charge in [-0.1, -0.05) is 35.9 Å². The number of carbonyl (C=O) groups is 2. The second kappa shape index (κ2) is 11.5. The molecule has 3 rings (SSSR count). The van der Waals surface area contributed by atoms with Crippen molar-refractivity contribution in [1.29, 1.82) is 0 Å². The SMILES string of the molecule is COc1ccc(COC[C@H]2O[C@H]3CC/C(Cl)=C\C/C=C(\C)C(=O)CC(=O)O[C@@H]2C3)cc1. The second-order valence-corrected chi connectivity index (χ2v) is 8.32. The summed E-state index contributed by atoms with van der Waals surface area (Å²) in [6, 6.07) is 7.63. The molecule has 1 fully saturated rings. The van der Waals surface area contributed by atoms with Gasteiger partial charge in [-0.25, -0.2) is 0 Å². The van der Waals surface area contributed by atoms with Crippen LogP contribution in [0.3, 0.4) is 0 Å². The van der Waals surface area contributed by atoms with Crippen LogP contribution in [0.15, 0.2) is 47.0 Å². The number of carbonyl (C=O) groups excluding carboxylic acids is 2. The summed E-state index contributed by atoms with van der Waals surface area (Å²) in [6.45, 7) is 2.40. The molecule has 168 valence electrons. The van der Waals surface area contributed by atoms with Crippen LogP contribution in [0, 0.1) is 0 Å². The third-order valence-electron chi connectivity index (χ3n) is 5.48. The van der Waals surface area contributed by atoms with Gasteiger partial charge in [0.2, 0.25) is 0 Å². The molecule has 2 aliphatic heterocycles. The Morgan fingerprint density at radius 2 is 1.94 bits per heavy atom. The molecule has 0 saturated carbocycles. The number of benzene rings is 1. The zero-order valence-electron chi connectivity index (χ0n) is 18.0. The first kappa shape index (κ1) is 23.5. The minimum Gasteiger partial charge on any atom is -0.497 e. The standard InChI is InChI=1S/C24H29ClO6/c1-16-4-3-5-18(25)8-11-20-12-22(31-24(27)13-21(16)26)23(30-20)15-29-14-17-6-9-19(28-2)10-7-17/h4-7,9-10,20,22-23H,3,8,11-15H2,1-2H3/b16-4+,18-5+/t20-,22+,23+/m0/s1. The van der Waals surface area contributed by atoms with Crippen LogP contribution in [-0.4, -0.2) is 43.8 Å². The van der Waals surface area contributed by atoms with Gasteiger partial charge in [0.15, 0.2) is 5.78 Å². The summed E-state index contributed by atoms with van der Waals surface area (Å²) in [6.07, 6.45) is 5.02. The molecule has 0 aromatic heterocycles. The summed E-state index contributed by atoms with van der Waals surface area (Å²) in [5.41, 5.74) is 1.54. The third kappa shape index (κ3) is 7.20. The van der Waals surface area contributed by atoms with Gasteiger partial charge >= 0.3 is 5.97 Å². The van der Waals surface area contributed by atoms with E-state index >= 15 is 0 Å². The van der Waals surface area contributed by atoms with E-state index in [1.165, 1.54) is 0 Å². The largest absolute Gasteiger partial charge is 0.497 e. The fourth-order valence-electron chi connectivity index (χ4n) is 3.63. The molecule has 6 nitrogen and oxygen atoms in total. The molecule has 7 heteroatoms. The van der Waals surface area contributed by atoms with Crippen molar-refractivity contribution >= 4 is 23.4 Å². The van der Waals surface area contributed by atoms with Crippen LogP contribution in [0.2, 0.25) is 0 Å². The Morgan fingerprint density at radius 3 is 2.68 bits per heavy atom. The van der Waals surface area contributed by atoms with E-state index in [1.807, 2.05) is 30.3 Å². The van der Waals surface area contributed by atoms with E-state index in [1.54, 1.807) is 20.1 Å². The van der Waals surface area contributed by atoms with Crippen LogP contribution in [-0.2, 0) is 30.4 Å². The highest BCUT2D eigenvalue weighted by atomic mass is 35.5. The van der Waals surface area contributed by atoms with Crippen molar-refractivity contribution in [3.8, 4) is 5.75 Å². The molecule has 1 saturated heterocycles. The minimum atomic E-state index is -0.530. The van der Waals surface area contributed by atoms with E-state index in [0.717, 1.165) is 22.8 Å². The van der Waals surface area contributed by atoms with Gasteiger partial charge in [0.25, 0.3) is 0 Å². The molecule has 0 N–H and O–H groups in total. The quantitative estimate of drug-likeness (QED) is 0.488. The highest BCUT2D eigenvalue weighted by Gasteiger charge is 2.38. The number of esters is 1. The summed E-state index contributed by atoms with van der Waals surface area (Å²) in [7, 11) is 1.62. The Kier molecular flexibility index (Phi) is 8.69. The first-order valence-electron chi connectivity index (χ1n) is 10.5. The van der Waals surface area contributed by atoms with Gasteiger partial charge in [0, 0.05) is 11.5 Å². The lowest BCUT2D eigenvalue weighted by Crippen LogP contribution is -2.31. The van der Waals surface area contributed by atoms with Crippen molar-refractivity contribution in [3.63, 3.8) is 0 Å². The summed E-state index contributed by atoms with van der Waals surface area (Å²) in [5.74, 6) is 0.0149. The molecule has 0 aliphatic carbocycles. The topological polar surface area (TPSA) is 71.1 Å². The first-order chi connectivity index (χ1) is 14.9. The van der Waals surface area contributed by atoms with Gasteiger partial charge in [-0.2, -0.15) is 0 Å². The molecule has 2 heterocycles. The first-order valence-corrected chi connectivity index (χ1v) is 10.9. The summed E-state index contributed by atoms with van der Waals surface area (Å²) < 4.78 is 22.7. The average molecular weight is 449 g/mol. The fourth-order valence-corrected chi connectivity index (χ4v) is 3.83. The smallest absolute Gasteiger partial charge is 0.314 e. The Morgan fingerprint density at radius 1 is 1.16 bits per heavy atom. The van der Waals surface area contributed by atoms with E-state index in [9.17, 15) is 9.59 Å². The van der Waals surface area contributed by atoms with Crippen molar-refractivity contribution in [3.05, 3.63) is 52.6 Å². The molecule has 31 heavy (non-hydrogen) atoms. The number of fused-ring (bicyclic) bond motifs is 2. The minimum absolute atomic E-state index is 0.0783. The van der Waals surface area contributed by atoms with Crippen LogP contribution in [0.1, 0.15) is 44.6 Å². The summed E-state index contributed by atoms with van der Waals surface area (Å²) >= 11 is 6.31. The van der Waals surface area contributed by atoms with Crippen molar-refractivity contribution in [2.24, 2.45) is 0 Å². The zero-order valence-corrected chi connectivity index (χ0v) is 18.7. The fraction of sp³-hybridized carbons (Fsp3) is 0.500. The molecule has 0 unspecified atom stereocenters. The molecule has 2 bridgehead atoms. The highest BCUT2D eigenvalue weighted by Crippen LogP contribution is 2.29. The lowest BCUT2D eigenvalue weighted by atomic mass is 10.1. The molecular weight excluding hydrogens is 420 g/mol. The average Bonchev–Trinajstić information content (AvgIpc) is 3.13. The van der Waals surface area contributed by atoms with Crippen LogP contribution in [0.25, 0.3) is 0 Å². The number of rotatable bonds is 5. The second-order valence-electron chi connectivity index (χ2n) is 7.84. The van der Waals surface area contributed by atoms with Gasteiger partial charge < -0.3 is 18.9 Å². The lowest BCUT2D eigenvalue weighted by molar-refractivity contribution is -0.154. The number of Topliss-reactive ketones (excluding diaryl/α,β-unsaturated/α-hetero) is 1. The van der Waals surface area contributed by atoms with E-state index in [-0.39, 0.29) is 31.0 Å². The Labute approximate surface area is 188 Å². The van der Waals surface area contributed by atoms with Crippen molar-refractivity contribution in [2.75, 3.05) is 13.7 Å². The van der Waals surface area contributed by atoms with E-state index in [0.29, 0.717) is 31.4 Å². The molecule has 0 spiro atoms. The number of hydrogen-bond acceptors (Lipinski definition) is 6. The number of hydrogen-bond donors (Lipinski definition) is 0. The molecule has 1 aromatic rings. The molecule has 3 atom stereocenters. The van der Waals surface area contributed by atoms with Gasteiger partial charge in [0.05, 0.1) is 26.4 Å². The number of ketones is 1. The lowest BCUT2D eigenvalue weighted by Gasteiger charge is -2.19. The Balaban J connectivity index is 1.62. The van der Waals surface area contributed by atoms with E-state index in [2.05, 4.69) is 0 Å².